The van der Waals surface area contributed by atoms with E-state index in [1.807, 2.05) is 6.07 Å². The van der Waals surface area contributed by atoms with Crippen molar-refractivity contribution >= 4 is 5.69 Å². The van der Waals surface area contributed by atoms with Crippen LogP contribution < -0.4 is 5.32 Å². The van der Waals surface area contributed by atoms with E-state index in [0.29, 0.717) is 18.2 Å². The second-order valence-corrected chi connectivity index (χ2v) is 4.44. The highest BCUT2D eigenvalue weighted by atomic mass is 16.5. The van der Waals surface area contributed by atoms with E-state index >= 15 is 0 Å². The number of benzene rings is 1. The highest BCUT2D eigenvalue weighted by Crippen LogP contribution is 2.22. The Morgan fingerprint density at radius 1 is 1.07 bits per heavy atom. The Hall–Kier alpha value is -1.02. The fourth-order valence-electron chi connectivity index (χ4n) is 2.29. The Balaban J connectivity index is 1.94. The zero-order valence-corrected chi connectivity index (χ0v) is 9.44. The van der Waals surface area contributed by atoms with E-state index in [1.165, 1.54) is 5.69 Å². The van der Waals surface area contributed by atoms with E-state index < -0.39 is 0 Å². The third-order valence-corrected chi connectivity index (χ3v) is 2.84. The lowest BCUT2D eigenvalue weighted by atomic mass is 9.99. The molecule has 82 valence electrons. The van der Waals surface area contributed by atoms with Crippen molar-refractivity contribution in [2.45, 2.75) is 44.9 Å². The summed E-state index contributed by atoms with van der Waals surface area (Å²) in [4.78, 5) is 0. The molecule has 2 unspecified atom stereocenters. The van der Waals surface area contributed by atoms with Gasteiger partial charge in [0, 0.05) is 11.7 Å². The van der Waals surface area contributed by atoms with Crippen LogP contribution in [0.4, 0.5) is 5.69 Å². The second kappa shape index (κ2) is 4.67. The summed E-state index contributed by atoms with van der Waals surface area (Å²) in [6, 6.07) is 10.9. The standard InChI is InChI=1S/C13H19NO/c1-10-8-13(9-11(2)15-10)14-12-6-4-3-5-7-12/h3-7,10-11,13-14H,8-9H2,1-2H3. The molecule has 0 aromatic heterocycles. The fourth-order valence-corrected chi connectivity index (χ4v) is 2.29. The lowest BCUT2D eigenvalue weighted by Gasteiger charge is -2.33. The molecule has 0 saturated carbocycles. The molecule has 1 aliphatic heterocycles. The van der Waals surface area contributed by atoms with Gasteiger partial charge in [0.25, 0.3) is 0 Å². The van der Waals surface area contributed by atoms with Crippen molar-refractivity contribution < 1.29 is 4.74 Å². The SMILES string of the molecule is CC1CC(Nc2ccccc2)CC(C)O1. The van der Waals surface area contributed by atoms with E-state index in [-0.39, 0.29) is 0 Å². The van der Waals surface area contributed by atoms with Gasteiger partial charge in [-0.1, -0.05) is 18.2 Å². The maximum Gasteiger partial charge on any atom is 0.0570 e. The first-order valence-corrected chi connectivity index (χ1v) is 5.71. The van der Waals surface area contributed by atoms with E-state index in [1.54, 1.807) is 0 Å². The molecule has 2 atom stereocenters. The summed E-state index contributed by atoms with van der Waals surface area (Å²) in [5, 5.41) is 3.56. The van der Waals surface area contributed by atoms with Crippen LogP contribution in [0.1, 0.15) is 26.7 Å². The molecule has 1 N–H and O–H groups in total. The topological polar surface area (TPSA) is 21.3 Å². The molecule has 0 aliphatic carbocycles. The minimum absolute atomic E-state index is 0.370. The van der Waals surface area contributed by atoms with Crippen molar-refractivity contribution in [3.05, 3.63) is 30.3 Å². The smallest absolute Gasteiger partial charge is 0.0570 e. The maximum absolute atomic E-state index is 5.71. The number of anilines is 1. The van der Waals surface area contributed by atoms with E-state index in [2.05, 4.69) is 43.4 Å². The summed E-state index contributed by atoms with van der Waals surface area (Å²) < 4.78 is 5.71. The van der Waals surface area contributed by atoms with Crippen LogP contribution in [0.15, 0.2) is 30.3 Å². The molecule has 1 aromatic rings. The van der Waals surface area contributed by atoms with Crippen LogP contribution >= 0.6 is 0 Å². The predicted octanol–water partition coefficient (Wildman–Crippen LogP) is 3.05. The Morgan fingerprint density at radius 3 is 2.27 bits per heavy atom. The van der Waals surface area contributed by atoms with Crippen LogP contribution in [0.5, 0.6) is 0 Å². The van der Waals surface area contributed by atoms with Crippen LogP contribution in [0.2, 0.25) is 0 Å². The largest absolute Gasteiger partial charge is 0.382 e. The number of nitrogens with one attached hydrogen (secondary N) is 1. The first-order chi connectivity index (χ1) is 7.24. The summed E-state index contributed by atoms with van der Waals surface area (Å²) in [5.74, 6) is 0. The average molecular weight is 205 g/mol. The van der Waals surface area contributed by atoms with Gasteiger partial charge in [-0.2, -0.15) is 0 Å². The number of para-hydroxylation sites is 1. The zero-order valence-electron chi connectivity index (χ0n) is 9.44. The lowest BCUT2D eigenvalue weighted by Crippen LogP contribution is -2.36. The van der Waals surface area contributed by atoms with Crippen molar-refractivity contribution in [2.75, 3.05) is 5.32 Å². The number of hydrogen-bond acceptors (Lipinski definition) is 2. The van der Waals surface area contributed by atoms with Crippen molar-refractivity contribution in [2.24, 2.45) is 0 Å². The molecule has 1 saturated heterocycles. The van der Waals surface area contributed by atoms with Gasteiger partial charge in [-0.3, -0.25) is 0 Å². The van der Waals surface area contributed by atoms with Gasteiger partial charge < -0.3 is 10.1 Å². The molecule has 0 spiro atoms. The average Bonchev–Trinajstić information content (AvgIpc) is 2.17. The van der Waals surface area contributed by atoms with Crippen LogP contribution in [0, 0.1) is 0 Å². The third kappa shape index (κ3) is 2.96. The Bertz CT molecular complexity index is 289. The Morgan fingerprint density at radius 2 is 1.67 bits per heavy atom. The number of ether oxygens (including phenoxy) is 1. The highest BCUT2D eigenvalue weighted by Gasteiger charge is 2.23. The molecular formula is C13H19NO. The van der Waals surface area contributed by atoms with Gasteiger partial charge in [0.1, 0.15) is 0 Å². The first-order valence-electron chi connectivity index (χ1n) is 5.71. The normalized spacial score (nSPS) is 31.2. The van der Waals surface area contributed by atoms with Crippen LogP contribution in [0.3, 0.4) is 0 Å². The van der Waals surface area contributed by atoms with Gasteiger partial charge in [-0.05, 0) is 38.8 Å². The molecule has 2 heteroatoms. The molecule has 1 aromatic carbocycles. The summed E-state index contributed by atoms with van der Waals surface area (Å²) >= 11 is 0. The van der Waals surface area contributed by atoms with Gasteiger partial charge in [0.05, 0.1) is 12.2 Å². The van der Waals surface area contributed by atoms with Crippen LogP contribution in [-0.2, 0) is 4.74 Å². The van der Waals surface area contributed by atoms with Crippen LogP contribution in [0.25, 0.3) is 0 Å². The van der Waals surface area contributed by atoms with E-state index in [9.17, 15) is 0 Å². The molecule has 0 radical (unpaired) electrons. The quantitative estimate of drug-likeness (QED) is 0.801. The van der Waals surface area contributed by atoms with Crippen LogP contribution in [-0.4, -0.2) is 18.2 Å². The molecule has 1 fully saturated rings. The zero-order chi connectivity index (χ0) is 10.7. The summed E-state index contributed by atoms with van der Waals surface area (Å²) in [6.45, 7) is 4.30. The molecule has 2 rings (SSSR count). The summed E-state index contributed by atoms with van der Waals surface area (Å²) in [6.07, 6.45) is 2.93. The van der Waals surface area contributed by atoms with Crippen molar-refractivity contribution in [3.63, 3.8) is 0 Å². The number of rotatable bonds is 2. The number of hydrogen-bond donors (Lipinski definition) is 1. The molecule has 1 aliphatic rings. The van der Waals surface area contributed by atoms with E-state index in [4.69, 9.17) is 4.74 Å². The molecule has 15 heavy (non-hydrogen) atoms. The minimum Gasteiger partial charge on any atom is -0.382 e. The summed E-state index contributed by atoms with van der Waals surface area (Å²) in [5.41, 5.74) is 1.21. The highest BCUT2D eigenvalue weighted by molar-refractivity contribution is 5.43. The lowest BCUT2D eigenvalue weighted by molar-refractivity contribution is -0.0337. The van der Waals surface area contributed by atoms with Crippen molar-refractivity contribution in [3.8, 4) is 0 Å². The van der Waals surface area contributed by atoms with Crippen molar-refractivity contribution in [1.29, 1.82) is 0 Å². The molecule has 2 nitrogen and oxygen atoms in total. The minimum atomic E-state index is 0.370. The fraction of sp³-hybridized carbons (Fsp3) is 0.538. The first kappa shape index (κ1) is 10.5. The molecule has 1 heterocycles. The second-order valence-electron chi connectivity index (χ2n) is 4.44. The third-order valence-electron chi connectivity index (χ3n) is 2.84. The van der Waals surface area contributed by atoms with E-state index in [0.717, 1.165) is 12.8 Å². The van der Waals surface area contributed by atoms with Gasteiger partial charge in [-0.15, -0.1) is 0 Å². The molecular weight excluding hydrogens is 186 g/mol. The van der Waals surface area contributed by atoms with Crippen molar-refractivity contribution in [1.82, 2.24) is 0 Å². The predicted molar refractivity (Wildman–Crippen MR) is 63.1 cm³/mol. The summed E-state index contributed by atoms with van der Waals surface area (Å²) in [7, 11) is 0. The Kier molecular flexibility index (Phi) is 3.27. The van der Waals surface area contributed by atoms with Gasteiger partial charge in [0.15, 0.2) is 0 Å². The van der Waals surface area contributed by atoms with Gasteiger partial charge in [0.2, 0.25) is 0 Å². The maximum atomic E-state index is 5.71. The molecule has 0 amide bonds. The Labute approximate surface area is 91.6 Å². The van der Waals surface area contributed by atoms with Gasteiger partial charge in [-0.25, -0.2) is 0 Å². The monoisotopic (exact) mass is 205 g/mol. The van der Waals surface area contributed by atoms with Gasteiger partial charge >= 0.3 is 0 Å². The molecule has 0 bridgehead atoms.